The SMILES string of the molecule is COC(=O)C(c1ccc(Cl)cc1)N1CCN(C(=O)CC2CCOc3ccccc32)CC1. The number of hydrogen-bond donors (Lipinski definition) is 0. The van der Waals surface area contributed by atoms with Crippen LogP contribution in [0, 0.1) is 0 Å². The summed E-state index contributed by atoms with van der Waals surface area (Å²) in [4.78, 5) is 29.5. The normalized spacial score (nSPS) is 19.8. The number of ether oxygens (including phenoxy) is 2. The highest BCUT2D eigenvalue weighted by Crippen LogP contribution is 2.36. The first kappa shape index (κ1) is 21.7. The van der Waals surface area contributed by atoms with E-state index in [9.17, 15) is 9.59 Å². The number of para-hydroxylation sites is 1. The van der Waals surface area contributed by atoms with Crippen molar-refractivity contribution in [2.45, 2.75) is 24.8 Å². The number of benzene rings is 2. The molecule has 2 unspecified atom stereocenters. The lowest BCUT2D eigenvalue weighted by Crippen LogP contribution is -2.51. The Kier molecular flexibility index (Phi) is 6.78. The van der Waals surface area contributed by atoms with Crippen molar-refractivity contribution in [2.24, 2.45) is 0 Å². The van der Waals surface area contributed by atoms with Crippen molar-refractivity contribution in [2.75, 3.05) is 39.9 Å². The molecule has 0 saturated carbocycles. The molecule has 7 heteroatoms. The van der Waals surface area contributed by atoms with Gasteiger partial charge in [-0.25, -0.2) is 4.79 Å². The Labute approximate surface area is 187 Å². The minimum Gasteiger partial charge on any atom is -0.493 e. The molecule has 0 spiro atoms. The Morgan fingerprint density at radius 2 is 1.81 bits per heavy atom. The molecular weight excluding hydrogens is 416 g/mol. The van der Waals surface area contributed by atoms with Crippen LogP contribution in [-0.4, -0.2) is 61.6 Å². The molecule has 2 atom stereocenters. The smallest absolute Gasteiger partial charge is 0.327 e. The van der Waals surface area contributed by atoms with Gasteiger partial charge in [-0.1, -0.05) is 41.9 Å². The Balaban J connectivity index is 1.39. The second kappa shape index (κ2) is 9.71. The summed E-state index contributed by atoms with van der Waals surface area (Å²) in [6, 6.07) is 14.7. The zero-order valence-electron chi connectivity index (χ0n) is 17.6. The molecule has 0 aromatic heterocycles. The summed E-state index contributed by atoms with van der Waals surface area (Å²) in [5, 5.41) is 0.623. The quantitative estimate of drug-likeness (QED) is 0.661. The minimum atomic E-state index is -0.498. The zero-order chi connectivity index (χ0) is 21.8. The van der Waals surface area contributed by atoms with Crippen LogP contribution in [0.4, 0.5) is 0 Å². The summed E-state index contributed by atoms with van der Waals surface area (Å²) >= 11 is 6.00. The lowest BCUT2D eigenvalue weighted by atomic mass is 9.90. The van der Waals surface area contributed by atoms with Crippen LogP contribution in [0.15, 0.2) is 48.5 Å². The van der Waals surface area contributed by atoms with Crippen molar-refractivity contribution in [1.82, 2.24) is 9.80 Å². The van der Waals surface area contributed by atoms with E-state index >= 15 is 0 Å². The molecular formula is C24H27ClN2O4. The van der Waals surface area contributed by atoms with E-state index in [-0.39, 0.29) is 17.8 Å². The van der Waals surface area contributed by atoms with E-state index in [0.29, 0.717) is 44.2 Å². The Bertz CT molecular complexity index is 925. The van der Waals surface area contributed by atoms with E-state index in [2.05, 4.69) is 11.0 Å². The molecule has 2 aromatic rings. The molecule has 2 aliphatic rings. The molecule has 6 nitrogen and oxygen atoms in total. The van der Waals surface area contributed by atoms with Crippen LogP contribution in [0.1, 0.15) is 35.9 Å². The maximum Gasteiger partial charge on any atom is 0.327 e. The molecule has 0 N–H and O–H groups in total. The molecule has 1 fully saturated rings. The first-order chi connectivity index (χ1) is 15.1. The van der Waals surface area contributed by atoms with Gasteiger partial charge in [0.2, 0.25) is 5.91 Å². The van der Waals surface area contributed by atoms with E-state index in [1.165, 1.54) is 7.11 Å². The fraction of sp³-hybridized carbons (Fsp3) is 0.417. The predicted molar refractivity (Wildman–Crippen MR) is 118 cm³/mol. The minimum absolute atomic E-state index is 0.155. The number of methoxy groups -OCH3 is 1. The number of amides is 1. The van der Waals surface area contributed by atoms with Crippen molar-refractivity contribution in [3.8, 4) is 5.75 Å². The third-order valence-electron chi connectivity index (χ3n) is 6.15. The number of piperazine rings is 1. The Morgan fingerprint density at radius 1 is 1.10 bits per heavy atom. The summed E-state index contributed by atoms with van der Waals surface area (Å²) in [7, 11) is 1.40. The van der Waals surface area contributed by atoms with Crippen LogP contribution in [0.2, 0.25) is 5.02 Å². The van der Waals surface area contributed by atoms with Crippen LogP contribution in [0.5, 0.6) is 5.75 Å². The van der Waals surface area contributed by atoms with E-state index in [1.54, 1.807) is 12.1 Å². The van der Waals surface area contributed by atoms with Crippen molar-refractivity contribution in [3.63, 3.8) is 0 Å². The second-order valence-corrected chi connectivity index (χ2v) is 8.41. The van der Waals surface area contributed by atoms with Crippen molar-refractivity contribution >= 4 is 23.5 Å². The zero-order valence-corrected chi connectivity index (χ0v) is 18.4. The monoisotopic (exact) mass is 442 g/mol. The molecule has 0 radical (unpaired) electrons. The average Bonchev–Trinajstić information content (AvgIpc) is 2.81. The third kappa shape index (κ3) is 4.86. The lowest BCUT2D eigenvalue weighted by Gasteiger charge is -2.39. The molecule has 164 valence electrons. The maximum absolute atomic E-state index is 13.0. The van der Waals surface area contributed by atoms with Crippen molar-refractivity contribution in [3.05, 3.63) is 64.7 Å². The van der Waals surface area contributed by atoms with Gasteiger partial charge in [-0.05, 0) is 41.7 Å². The fourth-order valence-electron chi connectivity index (χ4n) is 4.45. The predicted octanol–water partition coefficient (Wildman–Crippen LogP) is 3.65. The maximum atomic E-state index is 13.0. The highest BCUT2D eigenvalue weighted by Gasteiger charge is 2.33. The van der Waals surface area contributed by atoms with E-state index in [1.807, 2.05) is 35.2 Å². The van der Waals surface area contributed by atoms with Gasteiger partial charge < -0.3 is 14.4 Å². The Morgan fingerprint density at radius 3 is 2.52 bits per heavy atom. The van der Waals surface area contributed by atoms with Crippen LogP contribution in [-0.2, 0) is 14.3 Å². The number of rotatable bonds is 5. The number of hydrogen-bond acceptors (Lipinski definition) is 5. The largest absolute Gasteiger partial charge is 0.493 e. The van der Waals surface area contributed by atoms with Crippen LogP contribution in [0.3, 0.4) is 0 Å². The van der Waals surface area contributed by atoms with Crippen molar-refractivity contribution < 1.29 is 19.1 Å². The molecule has 0 aliphatic carbocycles. The van der Waals surface area contributed by atoms with E-state index in [4.69, 9.17) is 21.1 Å². The van der Waals surface area contributed by atoms with Gasteiger partial charge >= 0.3 is 5.97 Å². The topological polar surface area (TPSA) is 59.1 Å². The number of fused-ring (bicyclic) bond motifs is 1. The molecule has 2 aromatic carbocycles. The first-order valence-corrected chi connectivity index (χ1v) is 11.0. The van der Waals surface area contributed by atoms with Gasteiger partial charge in [-0.15, -0.1) is 0 Å². The van der Waals surface area contributed by atoms with Gasteiger partial charge in [0.15, 0.2) is 0 Å². The van der Waals surface area contributed by atoms with Crippen LogP contribution < -0.4 is 4.74 Å². The van der Waals surface area contributed by atoms with Gasteiger partial charge in [0.25, 0.3) is 0 Å². The summed E-state index contributed by atoms with van der Waals surface area (Å²) in [6.45, 7) is 3.04. The van der Waals surface area contributed by atoms with E-state index in [0.717, 1.165) is 23.3 Å². The first-order valence-electron chi connectivity index (χ1n) is 10.6. The molecule has 0 bridgehead atoms. The molecule has 2 aliphatic heterocycles. The summed E-state index contributed by atoms with van der Waals surface area (Å²) < 4.78 is 10.8. The number of carbonyl (C=O) groups is 2. The summed E-state index contributed by atoms with van der Waals surface area (Å²) in [5.41, 5.74) is 1.96. The van der Waals surface area contributed by atoms with Gasteiger partial charge in [-0.2, -0.15) is 0 Å². The molecule has 1 amide bonds. The van der Waals surface area contributed by atoms with E-state index < -0.39 is 6.04 Å². The van der Waals surface area contributed by atoms with Crippen molar-refractivity contribution in [1.29, 1.82) is 0 Å². The number of nitrogens with zero attached hydrogens (tertiary/aromatic N) is 2. The number of esters is 1. The van der Waals surface area contributed by atoms with Crippen LogP contribution in [0.25, 0.3) is 0 Å². The average molecular weight is 443 g/mol. The summed E-state index contributed by atoms with van der Waals surface area (Å²) in [5.74, 6) is 0.927. The number of carbonyl (C=O) groups excluding carboxylic acids is 2. The number of halogens is 1. The van der Waals surface area contributed by atoms with Crippen LogP contribution >= 0.6 is 11.6 Å². The Hall–Kier alpha value is -2.57. The van der Waals surface area contributed by atoms with Gasteiger partial charge in [0.1, 0.15) is 11.8 Å². The standard InChI is InChI=1S/C24H27ClN2O4/c1-30-24(29)23(17-6-8-19(25)9-7-17)27-13-11-26(12-14-27)22(28)16-18-10-15-31-21-5-3-2-4-20(18)21/h2-9,18,23H,10-16H2,1H3. The van der Waals surface area contributed by atoms with Gasteiger partial charge in [-0.3, -0.25) is 9.69 Å². The van der Waals surface area contributed by atoms with Gasteiger partial charge in [0, 0.05) is 37.6 Å². The molecule has 31 heavy (non-hydrogen) atoms. The molecule has 1 saturated heterocycles. The third-order valence-corrected chi connectivity index (χ3v) is 6.40. The highest BCUT2D eigenvalue weighted by atomic mass is 35.5. The molecule has 4 rings (SSSR count). The fourth-order valence-corrected chi connectivity index (χ4v) is 4.58. The van der Waals surface area contributed by atoms with Gasteiger partial charge in [0.05, 0.1) is 13.7 Å². The lowest BCUT2D eigenvalue weighted by molar-refractivity contribution is -0.148. The highest BCUT2D eigenvalue weighted by molar-refractivity contribution is 6.30. The second-order valence-electron chi connectivity index (χ2n) is 7.97. The molecule has 2 heterocycles. The summed E-state index contributed by atoms with van der Waals surface area (Å²) in [6.07, 6.45) is 1.34.